The number of aromatic nitrogens is 3. The number of rotatable bonds is 0. The normalized spacial score (nSPS) is 10.3. The Kier molecular flexibility index (Phi) is 14.0. The zero-order valence-electron chi connectivity index (χ0n) is 14.1. The molecule has 0 aliphatic carbocycles. The van der Waals surface area contributed by atoms with Crippen LogP contribution in [-0.4, -0.2) is 35.3 Å². The molecule has 3 aromatic heterocycles. The van der Waals surface area contributed by atoms with Gasteiger partial charge in [-0.1, -0.05) is 53.5 Å². The van der Waals surface area contributed by atoms with Gasteiger partial charge in [0.2, 0.25) is 0 Å². The first-order valence-corrected chi connectivity index (χ1v) is 9.46. The van der Waals surface area contributed by atoms with Gasteiger partial charge in [0.1, 0.15) is 30.2 Å². The Hall–Kier alpha value is -1.96. The molecule has 0 amide bonds. The van der Waals surface area contributed by atoms with Crippen molar-refractivity contribution in [1.29, 1.82) is 0 Å². The van der Waals surface area contributed by atoms with Crippen LogP contribution in [0.4, 0.5) is 0 Å². The molecule has 4 rings (SSSR count). The molecule has 1 aliphatic heterocycles. The van der Waals surface area contributed by atoms with Crippen molar-refractivity contribution >= 4 is 55.7 Å². The van der Waals surface area contributed by atoms with Gasteiger partial charge >= 0.3 is 17.4 Å². The maximum atomic E-state index is 7.75. The monoisotopic (exact) mass is 466 g/mol. The number of carbonyl (C=O) groups excluding carboxylic acids is 3. The summed E-state index contributed by atoms with van der Waals surface area (Å²) in [4.78, 5) is 37.2. The van der Waals surface area contributed by atoms with Crippen molar-refractivity contribution in [3.63, 3.8) is 0 Å². The van der Waals surface area contributed by atoms with Gasteiger partial charge in [-0.25, -0.2) is 15.0 Å². The van der Waals surface area contributed by atoms with Gasteiger partial charge in [0, 0.05) is 0 Å². The minimum Gasteiger partial charge on any atom is -0.545 e. The Balaban J connectivity index is 0.000000957. The van der Waals surface area contributed by atoms with Crippen molar-refractivity contribution in [3.05, 3.63) is 54.6 Å². The van der Waals surface area contributed by atoms with Gasteiger partial charge in [-0.3, -0.25) is 20.4 Å². The topological polar surface area (TPSA) is 89.9 Å². The molecule has 0 atom stereocenters. The Morgan fingerprint density at radius 1 is 0.464 bits per heavy atom. The smallest absolute Gasteiger partial charge is 0.545 e. The van der Waals surface area contributed by atoms with Gasteiger partial charge in [-0.2, -0.15) is 0 Å². The fourth-order valence-corrected chi connectivity index (χ4v) is 4.41. The standard InChI is InChI=1S/C15H9N3S3.3CHO.Cr/c1-4-10-16-11(5-1)20-13-7-3-9-15(18-13)21-14-8-2-6-12(17-14)19-10;3*1-2;/h1-9H;3*1H;/q;3*-1;+3. The molecule has 0 unspecified atom stereocenters. The van der Waals surface area contributed by atoms with Crippen molar-refractivity contribution in [2.24, 2.45) is 0 Å². The summed E-state index contributed by atoms with van der Waals surface area (Å²) in [6.07, 6.45) is 0. The first kappa shape index (κ1) is 26.0. The van der Waals surface area contributed by atoms with Gasteiger partial charge in [0.15, 0.2) is 0 Å². The van der Waals surface area contributed by atoms with Crippen LogP contribution in [0.15, 0.2) is 84.8 Å². The Labute approximate surface area is 186 Å². The summed E-state index contributed by atoms with van der Waals surface area (Å²) >= 11 is 4.75. The molecular formula is C18H12CrN3O3S3. The van der Waals surface area contributed by atoms with E-state index in [1.54, 1.807) is 35.3 Å². The van der Waals surface area contributed by atoms with Crippen molar-refractivity contribution in [3.8, 4) is 0 Å². The molecule has 0 spiro atoms. The molecule has 1 radical (unpaired) electrons. The molecule has 3 aromatic rings. The second-order valence-electron chi connectivity index (χ2n) is 4.25. The molecule has 1 aliphatic rings. The van der Waals surface area contributed by atoms with Gasteiger partial charge in [-0.05, 0) is 36.4 Å². The molecule has 0 fully saturated rings. The number of hydrogen-bond acceptors (Lipinski definition) is 9. The van der Waals surface area contributed by atoms with E-state index in [4.69, 9.17) is 14.4 Å². The minimum atomic E-state index is 0. The van der Waals surface area contributed by atoms with Crippen LogP contribution in [0.5, 0.6) is 0 Å². The molecule has 10 heteroatoms. The molecule has 6 bridgehead atoms. The quantitative estimate of drug-likeness (QED) is 0.283. The van der Waals surface area contributed by atoms with E-state index >= 15 is 0 Å². The average molecular weight is 467 g/mol. The van der Waals surface area contributed by atoms with Crippen LogP contribution in [0, 0.1) is 0 Å². The van der Waals surface area contributed by atoms with Crippen molar-refractivity contribution < 1.29 is 31.7 Å². The molecule has 0 saturated heterocycles. The first-order chi connectivity index (χ1) is 13.3. The summed E-state index contributed by atoms with van der Waals surface area (Å²) in [7, 11) is 0. The van der Waals surface area contributed by atoms with Crippen molar-refractivity contribution in [2.75, 3.05) is 0 Å². The number of nitrogens with zero attached hydrogens (tertiary/aromatic N) is 3. The predicted octanol–water partition coefficient (Wildman–Crippen LogP) is 3.81. The summed E-state index contributed by atoms with van der Waals surface area (Å²) in [5.41, 5.74) is 0. The Morgan fingerprint density at radius 2 is 0.643 bits per heavy atom. The summed E-state index contributed by atoms with van der Waals surface area (Å²) in [5.74, 6) is 0. The maximum Gasteiger partial charge on any atom is 3.00 e. The van der Waals surface area contributed by atoms with Crippen LogP contribution < -0.4 is 0 Å². The Bertz CT molecular complexity index is 709. The summed E-state index contributed by atoms with van der Waals surface area (Å²) in [6.45, 7) is 9.75. The maximum absolute atomic E-state index is 7.75. The molecule has 0 saturated carbocycles. The van der Waals surface area contributed by atoms with Crippen molar-refractivity contribution in [2.45, 2.75) is 30.2 Å². The van der Waals surface area contributed by atoms with E-state index in [2.05, 4.69) is 35.3 Å². The van der Waals surface area contributed by atoms with E-state index < -0.39 is 0 Å². The van der Waals surface area contributed by atoms with E-state index in [1.165, 1.54) is 0 Å². The fraction of sp³-hybridized carbons (Fsp3) is 0. The van der Waals surface area contributed by atoms with E-state index in [1.807, 2.05) is 54.6 Å². The molecule has 0 N–H and O–H groups in total. The predicted molar refractivity (Wildman–Crippen MR) is 105 cm³/mol. The zero-order chi connectivity index (χ0) is 20.1. The van der Waals surface area contributed by atoms with Crippen molar-refractivity contribution in [1.82, 2.24) is 15.0 Å². The second-order valence-corrected chi connectivity index (χ2v) is 7.37. The molecule has 6 nitrogen and oxygen atoms in total. The average Bonchev–Trinajstić information content (AvgIpc) is 2.73. The molecular weight excluding hydrogens is 454 g/mol. The van der Waals surface area contributed by atoms with Gasteiger partial charge < -0.3 is 14.4 Å². The Morgan fingerprint density at radius 3 is 0.821 bits per heavy atom. The van der Waals surface area contributed by atoms with E-state index in [0.29, 0.717) is 0 Å². The number of pyridine rings is 3. The third kappa shape index (κ3) is 7.96. The third-order valence-corrected chi connectivity index (χ3v) is 5.34. The van der Waals surface area contributed by atoms with Crippen LogP contribution in [0.1, 0.15) is 0 Å². The molecule has 0 aromatic carbocycles. The zero-order valence-corrected chi connectivity index (χ0v) is 17.9. The number of fused-ring (bicyclic) bond motifs is 6. The first-order valence-electron chi connectivity index (χ1n) is 7.01. The molecule has 4 heterocycles. The fourth-order valence-electron chi connectivity index (χ4n) is 1.85. The molecule has 28 heavy (non-hydrogen) atoms. The van der Waals surface area contributed by atoms with Gasteiger partial charge in [0.25, 0.3) is 0 Å². The van der Waals surface area contributed by atoms with Crippen LogP contribution in [-0.2, 0) is 31.7 Å². The van der Waals surface area contributed by atoms with Crippen LogP contribution >= 0.6 is 35.3 Å². The molecule has 141 valence electrons. The number of hydrogen-bond donors (Lipinski definition) is 0. The van der Waals surface area contributed by atoms with E-state index in [0.717, 1.165) is 30.2 Å². The largest absolute Gasteiger partial charge is 3.00 e. The van der Waals surface area contributed by atoms with Crippen LogP contribution in [0.25, 0.3) is 0 Å². The van der Waals surface area contributed by atoms with Gasteiger partial charge in [0.05, 0.1) is 0 Å². The summed E-state index contributed by atoms with van der Waals surface area (Å²) < 4.78 is 0. The SMILES string of the molecule is [CH-]=O.[CH-]=O.[CH-]=O.[Cr+3].c1cc2nc(c1)Sc1cccc(n1)Sc1cccc(n1)S2. The van der Waals surface area contributed by atoms with Gasteiger partial charge in [-0.15, -0.1) is 0 Å². The summed E-state index contributed by atoms with van der Waals surface area (Å²) in [5, 5.41) is 5.70. The van der Waals surface area contributed by atoms with E-state index in [9.17, 15) is 0 Å². The second kappa shape index (κ2) is 15.0. The summed E-state index contributed by atoms with van der Waals surface area (Å²) in [6, 6.07) is 18.1. The van der Waals surface area contributed by atoms with Crippen LogP contribution in [0.2, 0.25) is 0 Å². The minimum absolute atomic E-state index is 0. The van der Waals surface area contributed by atoms with E-state index in [-0.39, 0.29) is 17.4 Å². The third-order valence-electron chi connectivity index (χ3n) is 2.72. The van der Waals surface area contributed by atoms with Crippen LogP contribution in [0.3, 0.4) is 0 Å².